The van der Waals surface area contributed by atoms with E-state index in [1.165, 1.54) is 92.8 Å². The minimum absolute atomic E-state index is 0.158. The summed E-state index contributed by atoms with van der Waals surface area (Å²) >= 11 is 0. The number of aliphatic hydroxyl groups is 1. The van der Waals surface area contributed by atoms with Crippen LogP contribution in [-0.2, 0) is 13.6 Å². The molecular formula is C58H98O4Si2. The molecule has 0 aromatic heterocycles. The molecule has 0 radical (unpaired) electrons. The fraction of sp³-hybridized carbons (Fsp3) is 0.776. The second-order valence-electron chi connectivity index (χ2n) is 26.1. The third-order valence-electron chi connectivity index (χ3n) is 19.4. The molecule has 6 aliphatic carbocycles. The number of aliphatic hydroxyl groups excluding tert-OH is 1. The molecule has 0 aliphatic heterocycles. The lowest BCUT2D eigenvalue weighted by molar-refractivity contribution is -0.113. The highest BCUT2D eigenvalue weighted by Crippen LogP contribution is 2.61. The molecule has 6 rings (SSSR count). The van der Waals surface area contributed by atoms with Crippen LogP contribution in [0, 0.1) is 58.2 Å². The summed E-state index contributed by atoms with van der Waals surface area (Å²) in [5.41, 5.74) is 9.13. The monoisotopic (exact) mass is 915 g/mol. The van der Waals surface area contributed by atoms with Gasteiger partial charge in [0.05, 0.1) is 12.2 Å². The molecule has 0 aromatic carbocycles. The Balaban J connectivity index is 0.000000241. The van der Waals surface area contributed by atoms with Crippen molar-refractivity contribution in [2.75, 3.05) is 6.61 Å². The van der Waals surface area contributed by atoms with Gasteiger partial charge < -0.3 is 18.8 Å². The van der Waals surface area contributed by atoms with E-state index in [1.54, 1.807) is 11.1 Å². The molecule has 6 aliphatic rings. The molecule has 362 valence electrons. The normalized spacial score (nSPS) is 37.6. The van der Waals surface area contributed by atoms with Gasteiger partial charge >= 0.3 is 0 Å². The standard InChI is InChI=1S/C29H50O2Si.C29H48O2Si/c2*1-20-17-24(22(3)27(18-20)31-32(8,9)28(4,5)6)13-12-23-11-10-16-29(7)25(21(2)19-30)14-15-26(23)29/h12-13,20-21,25-27,30H,3,10-11,14-19H2,1-2,4-9H3;12-13,19-21,25-27H,3,10-11,14-18H2,1-2,4-9H3/b2*23-12+,24-13-/t2*20-,21-,25?,26+,27+,29-/m11/s1. The van der Waals surface area contributed by atoms with Crippen LogP contribution in [-0.4, -0.2) is 46.8 Å². The minimum Gasteiger partial charge on any atom is -0.410 e. The fourth-order valence-electron chi connectivity index (χ4n) is 13.3. The second-order valence-corrected chi connectivity index (χ2v) is 35.6. The third kappa shape index (κ3) is 11.5. The zero-order valence-corrected chi connectivity index (χ0v) is 46.4. The first-order valence-corrected chi connectivity index (χ1v) is 32.0. The maximum Gasteiger partial charge on any atom is 0.192 e. The number of aldehydes is 1. The van der Waals surface area contributed by atoms with E-state index in [0.717, 1.165) is 25.7 Å². The van der Waals surface area contributed by atoms with Gasteiger partial charge in [-0.25, -0.2) is 0 Å². The lowest BCUT2D eigenvalue weighted by atomic mass is 9.61. The topological polar surface area (TPSA) is 55.8 Å². The van der Waals surface area contributed by atoms with Gasteiger partial charge in [0, 0.05) is 12.5 Å². The van der Waals surface area contributed by atoms with Crippen LogP contribution in [0.25, 0.3) is 0 Å². The lowest BCUT2D eigenvalue weighted by Gasteiger charge is -2.44. The van der Waals surface area contributed by atoms with Crippen molar-refractivity contribution >= 4 is 22.9 Å². The van der Waals surface area contributed by atoms with Crippen molar-refractivity contribution in [3.05, 3.63) is 70.9 Å². The summed E-state index contributed by atoms with van der Waals surface area (Å²) in [4.78, 5) is 11.5. The summed E-state index contributed by atoms with van der Waals surface area (Å²) in [6, 6.07) is 0. The Morgan fingerprint density at radius 3 is 1.45 bits per heavy atom. The van der Waals surface area contributed by atoms with Crippen LogP contribution in [0.5, 0.6) is 0 Å². The Hall–Kier alpha value is -1.58. The molecule has 2 unspecified atom stereocenters. The summed E-state index contributed by atoms with van der Waals surface area (Å²) in [6.07, 6.45) is 28.2. The van der Waals surface area contributed by atoms with Gasteiger partial charge in [0.15, 0.2) is 16.6 Å². The van der Waals surface area contributed by atoms with Gasteiger partial charge in [0.1, 0.15) is 6.29 Å². The number of carbonyl (C=O) groups excluding carboxylic acids is 1. The molecule has 0 spiro atoms. The highest BCUT2D eigenvalue weighted by molar-refractivity contribution is 6.74. The van der Waals surface area contributed by atoms with E-state index < -0.39 is 16.6 Å². The van der Waals surface area contributed by atoms with Crippen LogP contribution in [0.4, 0.5) is 0 Å². The van der Waals surface area contributed by atoms with Gasteiger partial charge in [-0.05, 0) is 201 Å². The first-order chi connectivity index (χ1) is 29.6. The highest BCUT2D eigenvalue weighted by Gasteiger charge is 2.52. The molecular weight excluding hydrogens is 817 g/mol. The van der Waals surface area contributed by atoms with Gasteiger partial charge in [0.25, 0.3) is 0 Å². The Labute approximate surface area is 397 Å². The fourth-order valence-corrected chi connectivity index (χ4v) is 15.9. The van der Waals surface area contributed by atoms with E-state index in [0.29, 0.717) is 53.4 Å². The average molecular weight is 916 g/mol. The van der Waals surface area contributed by atoms with Crippen molar-refractivity contribution in [3.63, 3.8) is 0 Å². The molecule has 0 bridgehead atoms. The zero-order chi connectivity index (χ0) is 47.8. The van der Waals surface area contributed by atoms with E-state index in [-0.39, 0.29) is 33.6 Å². The minimum atomic E-state index is -1.83. The van der Waals surface area contributed by atoms with Gasteiger partial charge in [-0.2, -0.15) is 0 Å². The quantitative estimate of drug-likeness (QED) is 0.175. The Morgan fingerprint density at radius 2 is 1.08 bits per heavy atom. The van der Waals surface area contributed by atoms with E-state index in [4.69, 9.17) is 8.85 Å². The molecule has 0 saturated heterocycles. The van der Waals surface area contributed by atoms with Crippen LogP contribution in [0.3, 0.4) is 0 Å². The van der Waals surface area contributed by atoms with E-state index in [9.17, 15) is 9.90 Å². The molecule has 64 heavy (non-hydrogen) atoms. The molecule has 0 heterocycles. The van der Waals surface area contributed by atoms with Crippen molar-refractivity contribution < 1.29 is 18.8 Å². The third-order valence-corrected chi connectivity index (χ3v) is 28.3. The van der Waals surface area contributed by atoms with E-state index in [2.05, 4.69) is 147 Å². The van der Waals surface area contributed by atoms with Crippen molar-refractivity contribution in [1.82, 2.24) is 0 Å². The van der Waals surface area contributed by atoms with Crippen LogP contribution in [0.15, 0.2) is 70.9 Å². The Bertz CT molecular complexity index is 1800. The summed E-state index contributed by atoms with van der Waals surface area (Å²) in [5.74, 6) is 4.35. The summed E-state index contributed by atoms with van der Waals surface area (Å²) in [5, 5.41) is 10.2. The maximum absolute atomic E-state index is 11.5. The number of hydrogen-bond donors (Lipinski definition) is 1. The smallest absolute Gasteiger partial charge is 0.192 e. The Morgan fingerprint density at radius 1 is 0.688 bits per heavy atom. The molecule has 6 fully saturated rings. The van der Waals surface area contributed by atoms with Crippen LogP contribution in [0.1, 0.15) is 173 Å². The predicted molar refractivity (Wildman–Crippen MR) is 279 cm³/mol. The molecule has 4 nitrogen and oxygen atoms in total. The van der Waals surface area contributed by atoms with Crippen molar-refractivity contribution in [3.8, 4) is 0 Å². The van der Waals surface area contributed by atoms with Crippen LogP contribution < -0.4 is 0 Å². The van der Waals surface area contributed by atoms with Crippen LogP contribution >= 0.6 is 0 Å². The lowest BCUT2D eigenvalue weighted by Crippen LogP contribution is -2.45. The maximum atomic E-state index is 11.5. The average Bonchev–Trinajstić information content (AvgIpc) is 3.75. The molecule has 0 aromatic rings. The first kappa shape index (κ1) is 53.4. The SMILES string of the molecule is C=C1/C(=C\C=C2/CCC[C@]3(C)C([C@H](C)C=O)CC[C@@H]23)C[C@@H](C)C[C@@H]1O[Si](C)(C)C(C)(C)C.C=C1/C(=C\C=C2/CCC[C@]3(C)C([C@H](C)CO)CC[C@@H]23)C[C@@H](C)C[C@@H]1O[Si](C)(C)C(C)(C)C. The number of rotatable bonds is 10. The van der Waals surface area contributed by atoms with E-state index in [1.807, 2.05) is 0 Å². The summed E-state index contributed by atoms with van der Waals surface area (Å²) in [6.45, 7) is 46.8. The highest BCUT2D eigenvalue weighted by atomic mass is 28.4. The number of carbonyl (C=O) groups is 1. The second kappa shape index (κ2) is 20.6. The van der Waals surface area contributed by atoms with Crippen molar-refractivity contribution in [1.29, 1.82) is 0 Å². The number of allylic oxidation sites excluding steroid dienone is 6. The summed E-state index contributed by atoms with van der Waals surface area (Å²) in [7, 11) is -3.65. The van der Waals surface area contributed by atoms with E-state index >= 15 is 0 Å². The zero-order valence-electron chi connectivity index (χ0n) is 44.4. The van der Waals surface area contributed by atoms with Crippen molar-refractivity contribution in [2.24, 2.45) is 58.2 Å². The van der Waals surface area contributed by atoms with Crippen molar-refractivity contribution in [2.45, 2.75) is 221 Å². The number of fused-ring (bicyclic) bond motifs is 2. The summed E-state index contributed by atoms with van der Waals surface area (Å²) < 4.78 is 13.7. The Kier molecular flexibility index (Phi) is 17.2. The first-order valence-electron chi connectivity index (χ1n) is 26.2. The number of hydrogen-bond acceptors (Lipinski definition) is 4. The van der Waals surface area contributed by atoms with Crippen LogP contribution in [0.2, 0.25) is 36.3 Å². The molecule has 12 atom stereocenters. The molecule has 0 amide bonds. The predicted octanol–water partition coefficient (Wildman–Crippen LogP) is 16.3. The van der Waals surface area contributed by atoms with Gasteiger partial charge in [-0.15, -0.1) is 0 Å². The molecule has 6 saturated carbocycles. The van der Waals surface area contributed by atoms with Gasteiger partial charge in [0.2, 0.25) is 0 Å². The molecule has 6 heteroatoms. The van der Waals surface area contributed by atoms with Gasteiger partial charge in [-0.1, -0.05) is 132 Å². The largest absolute Gasteiger partial charge is 0.410 e. The van der Waals surface area contributed by atoms with Gasteiger partial charge in [-0.3, -0.25) is 0 Å². The molecule has 1 N–H and O–H groups in total.